The Balaban J connectivity index is 1.34. The van der Waals surface area contributed by atoms with Gasteiger partial charge < -0.3 is 20.1 Å². The molecule has 2 aromatic carbocycles. The van der Waals surface area contributed by atoms with Gasteiger partial charge in [-0.05, 0) is 49.9 Å². The number of amides is 1. The molecule has 0 radical (unpaired) electrons. The topological polar surface area (TPSA) is 96.7 Å². The summed E-state index contributed by atoms with van der Waals surface area (Å²) in [4.78, 5) is 17.0. The number of carbonyl (C=O) groups excluding carboxylic acids is 1. The zero-order chi connectivity index (χ0) is 24.6. The van der Waals surface area contributed by atoms with E-state index < -0.39 is 11.7 Å². The SMILES string of the molecule is COCCOc1ccc2c(c1)N=C(NCCCCNC(=O)c1ccccc1F)C1=NN=C(C)C1C2. The molecular weight excluding hydrogens is 449 g/mol. The summed E-state index contributed by atoms with van der Waals surface area (Å²) in [5.74, 6) is 0.616. The lowest BCUT2D eigenvalue weighted by atomic mass is 9.91. The van der Waals surface area contributed by atoms with Gasteiger partial charge in [0.25, 0.3) is 5.91 Å². The van der Waals surface area contributed by atoms with Gasteiger partial charge in [0.1, 0.15) is 23.9 Å². The Labute approximate surface area is 204 Å². The van der Waals surface area contributed by atoms with Gasteiger partial charge in [0.2, 0.25) is 0 Å². The van der Waals surface area contributed by atoms with Crippen molar-refractivity contribution < 1.29 is 18.7 Å². The first-order chi connectivity index (χ1) is 17.1. The fourth-order valence-corrected chi connectivity index (χ4v) is 4.01. The largest absolute Gasteiger partial charge is 0.491 e. The maximum atomic E-state index is 13.7. The van der Waals surface area contributed by atoms with Crippen LogP contribution in [0.1, 0.15) is 35.7 Å². The van der Waals surface area contributed by atoms with Crippen LogP contribution < -0.4 is 15.4 Å². The molecule has 0 aromatic heterocycles. The quantitative estimate of drug-likeness (QED) is 0.508. The highest BCUT2D eigenvalue weighted by Gasteiger charge is 2.31. The van der Waals surface area contributed by atoms with Gasteiger partial charge in [-0.15, -0.1) is 0 Å². The first-order valence-electron chi connectivity index (χ1n) is 11.8. The van der Waals surface area contributed by atoms with E-state index >= 15 is 0 Å². The summed E-state index contributed by atoms with van der Waals surface area (Å²) in [6.45, 7) is 4.09. The van der Waals surface area contributed by atoms with Gasteiger partial charge in [0.05, 0.1) is 23.8 Å². The smallest absolute Gasteiger partial charge is 0.254 e. The molecule has 35 heavy (non-hydrogen) atoms. The number of unbranched alkanes of at least 4 members (excludes halogenated alkanes) is 1. The van der Waals surface area contributed by atoms with Crippen molar-refractivity contribution in [3.8, 4) is 5.75 Å². The van der Waals surface area contributed by atoms with E-state index in [9.17, 15) is 9.18 Å². The molecule has 0 fully saturated rings. The lowest BCUT2D eigenvalue weighted by Crippen LogP contribution is -2.37. The number of hydrogen-bond donors (Lipinski definition) is 2. The third kappa shape index (κ3) is 6.10. The number of hydrogen-bond acceptors (Lipinski definition) is 7. The molecule has 2 aliphatic rings. The van der Waals surface area contributed by atoms with E-state index in [2.05, 4.69) is 20.8 Å². The van der Waals surface area contributed by atoms with Crippen LogP contribution in [0.2, 0.25) is 0 Å². The number of fused-ring (bicyclic) bond motifs is 2. The second-order valence-corrected chi connectivity index (χ2v) is 8.45. The Bertz CT molecular complexity index is 1160. The summed E-state index contributed by atoms with van der Waals surface area (Å²) < 4.78 is 24.6. The highest BCUT2D eigenvalue weighted by Crippen LogP contribution is 2.32. The number of methoxy groups -OCH3 is 1. The van der Waals surface area contributed by atoms with Gasteiger partial charge >= 0.3 is 0 Å². The van der Waals surface area contributed by atoms with Crippen molar-refractivity contribution in [2.45, 2.75) is 26.2 Å². The average Bonchev–Trinajstić information content (AvgIpc) is 3.13. The number of carbonyl (C=O) groups is 1. The number of rotatable bonds is 10. The van der Waals surface area contributed by atoms with Crippen molar-refractivity contribution in [2.75, 3.05) is 33.4 Å². The van der Waals surface area contributed by atoms with Gasteiger partial charge in [0, 0.05) is 32.0 Å². The van der Waals surface area contributed by atoms with Crippen molar-refractivity contribution in [1.82, 2.24) is 10.6 Å². The highest BCUT2D eigenvalue weighted by atomic mass is 19.1. The van der Waals surface area contributed by atoms with Crippen LogP contribution in [-0.4, -0.2) is 56.6 Å². The summed E-state index contributed by atoms with van der Waals surface area (Å²) in [7, 11) is 1.64. The summed E-state index contributed by atoms with van der Waals surface area (Å²) in [5, 5.41) is 14.9. The Kier molecular flexibility index (Phi) is 8.20. The van der Waals surface area contributed by atoms with Crippen LogP contribution in [0.3, 0.4) is 0 Å². The average molecular weight is 480 g/mol. The molecule has 1 amide bonds. The molecule has 2 heterocycles. The molecule has 0 saturated heterocycles. The second kappa shape index (κ2) is 11.7. The van der Waals surface area contributed by atoms with Crippen molar-refractivity contribution in [3.63, 3.8) is 0 Å². The predicted molar refractivity (Wildman–Crippen MR) is 135 cm³/mol. The Hall–Kier alpha value is -3.59. The van der Waals surface area contributed by atoms with E-state index in [0.717, 1.165) is 47.7 Å². The van der Waals surface area contributed by atoms with Crippen LogP contribution in [0.15, 0.2) is 57.7 Å². The molecule has 0 saturated carbocycles. The third-order valence-electron chi connectivity index (χ3n) is 5.96. The minimum atomic E-state index is -0.519. The maximum Gasteiger partial charge on any atom is 0.254 e. The molecule has 2 aromatic rings. The minimum Gasteiger partial charge on any atom is -0.491 e. The van der Waals surface area contributed by atoms with Crippen molar-refractivity contribution in [3.05, 3.63) is 59.4 Å². The summed E-state index contributed by atoms with van der Waals surface area (Å²) in [6, 6.07) is 11.9. The van der Waals surface area contributed by atoms with Gasteiger partial charge in [-0.2, -0.15) is 10.2 Å². The van der Waals surface area contributed by atoms with E-state index in [1.165, 1.54) is 12.1 Å². The molecule has 8 nitrogen and oxygen atoms in total. The first kappa shape index (κ1) is 24.5. The lowest BCUT2D eigenvalue weighted by molar-refractivity contribution is 0.0949. The normalized spacial score (nSPS) is 16.3. The molecule has 2 N–H and O–H groups in total. The lowest BCUT2D eigenvalue weighted by Gasteiger charge is -2.13. The fourth-order valence-electron chi connectivity index (χ4n) is 4.01. The van der Waals surface area contributed by atoms with Crippen LogP contribution in [-0.2, 0) is 11.2 Å². The molecule has 4 rings (SSSR count). The van der Waals surface area contributed by atoms with E-state index in [-0.39, 0.29) is 11.5 Å². The predicted octanol–water partition coefficient (Wildman–Crippen LogP) is 3.68. The highest BCUT2D eigenvalue weighted by molar-refractivity contribution is 6.47. The molecule has 1 atom stereocenters. The summed E-state index contributed by atoms with van der Waals surface area (Å²) >= 11 is 0. The zero-order valence-electron chi connectivity index (χ0n) is 20.0. The molecule has 0 spiro atoms. The number of halogens is 1. The van der Waals surface area contributed by atoms with Crippen molar-refractivity contribution >= 4 is 28.9 Å². The Morgan fingerprint density at radius 3 is 2.77 bits per heavy atom. The number of aliphatic imine (C=N–C) groups is 1. The first-order valence-corrected chi connectivity index (χ1v) is 11.8. The second-order valence-electron chi connectivity index (χ2n) is 8.45. The third-order valence-corrected chi connectivity index (χ3v) is 5.96. The van der Waals surface area contributed by atoms with Gasteiger partial charge in [0.15, 0.2) is 5.84 Å². The standard InChI is InChI=1S/C26H30FN5O3/c1-17-21-15-18-9-10-19(35-14-13-34-2)16-23(18)30-25(24(21)32-31-17)28-11-5-6-12-29-26(33)20-7-3-4-8-22(20)27/h3-4,7-10,16,21H,5-6,11-15H2,1-2H3,(H,28,30)(H,29,33). The van der Waals surface area contributed by atoms with Crippen LogP contribution in [0.5, 0.6) is 5.75 Å². The van der Waals surface area contributed by atoms with Crippen LogP contribution >= 0.6 is 0 Å². The summed E-state index contributed by atoms with van der Waals surface area (Å²) in [6.07, 6.45) is 2.31. The maximum absolute atomic E-state index is 13.7. The minimum absolute atomic E-state index is 0.0586. The number of ether oxygens (including phenoxy) is 2. The van der Waals surface area contributed by atoms with Crippen LogP contribution in [0.4, 0.5) is 10.1 Å². The summed E-state index contributed by atoms with van der Waals surface area (Å²) in [5.41, 5.74) is 3.84. The number of nitrogens with zero attached hydrogens (tertiary/aromatic N) is 3. The molecular formula is C26H30FN5O3. The van der Waals surface area contributed by atoms with Crippen LogP contribution in [0.25, 0.3) is 0 Å². The van der Waals surface area contributed by atoms with E-state index in [1.807, 2.05) is 25.1 Å². The molecule has 2 aliphatic heterocycles. The van der Waals surface area contributed by atoms with Crippen molar-refractivity contribution in [2.24, 2.45) is 21.1 Å². The number of amidine groups is 1. The zero-order valence-corrected chi connectivity index (χ0v) is 20.0. The van der Waals surface area contributed by atoms with Gasteiger partial charge in [-0.1, -0.05) is 18.2 Å². The number of nitrogens with one attached hydrogen (secondary N) is 2. The number of benzene rings is 2. The van der Waals surface area contributed by atoms with Crippen LogP contribution in [0, 0.1) is 11.7 Å². The van der Waals surface area contributed by atoms with E-state index in [4.69, 9.17) is 14.5 Å². The fraction of sp³-hybridized carbons (Fsp3) is 0.385. The van der Waals surface area contributed by atoms with Gasteiger partial charge in [-0.25, -0.2) is 9.38 Å². The molecule has 0 aliphatic carbocycles. The molecule has 0 bridgehead atoms. The molecule has 1 unspecified atom stereocenters. The molecule has 9 heteroatoms. The van der Waals surface area contributed by atoms with Crippen molar-refractivity contribution in [1.29, 1.82) is 0 Å². The van der Waals surface area contributed by atoms with Gasteiger partial charge in [-0.3, -0.25) is 4.79 Å². The Morgan fingerprint density at radius 1 is 1.11 bits per heavy atom. The molecule has 184 valence electrons. The Morgan fingerprint density at radius 2 is 1.94 bits per heavy atom. The van der Waals surface area contributed by atoms with E-state index in [0.29, 0.717) is 32.1 Å². The monoisotopic (exact) mass is 479 g/mol. The van der Waals surface area contributed by atoms with E-state index in [1.54, 1.807) is 19.2 Å².